The van der Waals surface area contributed by atoms with Gasteiger partial charge in [-0.05, 0) is 26.2 Å². The Morgan fingerprint density at radius 3 is 2.38 bits per heavy atom. The largest absolute Gasteiger partial charge is 0.393 e. The van der Waals surface area contributed by atoms with Crippen molar-refractivity contribution >= 4 is 17.8 Å². The predicted molar refractivity (Wildman–Crippen MR) is 81.1 cm³/mol. The van der Waals surface area contributed by atoms with Crippen molar-refractivity contribution < 1.29 is 5.11 Å². The quantitative estimate of drug-likeness (QED) is 0.525. The first-order valence-corrected chi connectivity index (χ1v) is 7.58. The van der Waals surface area contributed by atoms with E-state index in [9.17, 15) is 5.11 Å². The van der Waals surface area contributed by atoms with Crippen LogP contribution in [0.25, 0.3) is 0 Å². The van der Waals surface area contributed by atoms with E-state index in [2.05, 4.69) is 30.2 Å². The molecule has 2 atom stereocenters. The van der Waals surface area contributed by atoms with Crippen LogP contribution in [0.5, 0.6) is 0 Å². The first-order chi connectivity index (χ1) is 10.2. The number of hydrogen-bond donors (Lipinski definition) is 3. The molecule has 8 heteroatoms. The molecule has 21 heavy (non-hydrogen) atoms. The third-order valence-electron chi connectivity index (χ3n) is 4.32. The van der Waals surface area contributed by atoms with Crippen LogP contribution < -0.4 is 21.1 Å². The van der Waals surface area contributed by atoms with Crippen LogP contribution >= 0.6 is 0 Å². The molecule has 2 aliphatic rings. The highest BCUT2D eigenvalue weighted by atomic mass is 16.3. The smallest absolute Gasteiger partial charge is 0.243 e. The maximum Gasteiger partial charge on any atom is 0.243 e. The fourth-order valence-electron chi connectivity index (χ4n) is 2.98. The normalized spacial score (nSPS) is 23.7. The number of nitrogens with two attached hydrogens (primary N) is 1. The molecule has 0 amide bonds. The molecular formula is C13H23N7O. The van der Waals surface area contributed by atoms with E-state index in [1.54, 1.807) is 0 Å². The van der Waals surface area contributed by atoms with E-state index in [-0.39, 0.29) is 12.0 Å². The van der Waals surface area contributed by atoms with Gasteiger partial charge in [0.25, 0.3) is 0 Å². The Balaban J connectivity index is 1.82. The van der Waals surface area contributed by atoms with Gasteiger partial charge >= 0.3 is 0 Å². The van der Waals surface area contributed by atoms with Crippen molar-refractivity contribution in [3.05, 3.63) is 0 Å². The van der Waals surface area contributed by atoms with Gasteiger partial charge in [-0.1, -0.05) is 0 Å². The zero-order valence-electron chi connectivity index (χ0n) is 12.4. The first kappa shape index (κ1) is 14.3. The molecule has 2 fully saturated rings. The summed E-state index contributed by atoms with van der Waals surface area (Å²) in [6.45, 7) is 5.41. The summed E-state index contributed by atoms with van der Waals surface area (Å²) in [5.41, 5.74) is 2.52. The SMILES string of the molecule is CC(O)C1CCN(c2nc(NN)nc(N3CCCC3)n2)C1. The number of aromatic nitrogens is 3. The van der Waals surface area contributed by atoms with E-state index < -0.39 is 0 Å². The zero-order valence-corrected chi connectivity index (χ0v) is 12.4. The molecule has 3 heterocycles. The average molecular weight is 293 g/mol. The number of aliphatic hydroxyl groups is 1. The molecule has 116 valence electrons. The molecule has 0 spiro atoms. The summed E-state index contributed by atoms with van der Waals surface area (Å²) in [6.07, 6.45) is 2.98. The highest BCUT2D eigenvalue weighted by Gasteiger charge is 2.28. The number of anilines is 3. The number of hydrazine groups is 1. The number of rotatable bonds is 4. The molecule has 2 aliphatic heterocycles. The van der Waals surface area contributed by atoms with Crippen LogP contribution in [0.4, 0.5) is 17.8 Å². The Morgan fingerprint density at radius 2 is 1.81 bits per heavy atom. The lowest BCUT2D eigenvalue weighted by Crippen LogP contribution is -2.28. The van der Waals surface area contributed by atoms with Crippen molar-refractivity contribution in [3.63, 3.8) is 0 Å². The number of nitrogen functional groups attached to an aromatic ring is 1. The summed E-state index contributed by atoms with van der Waals surface area (Å²) in [5.74, 6) is 7.47. The molecule has 0 saturated carbocycles. The van der Waals surface area contributed by atoms with Crippen LogP contribution in [0.3, 0.4) is 0 Å². The van der Waals surface area contributed by atoms with Gasteiger partial charge in [-0.15, -0.1) is 0 Å². The number of hydrogen-bond acceptors (Lipinski definition) is 8. The van der Waals surface area contributed by atoms with Gasteiger partial charge in [-0.2, -0.15) is 15.0 Å². The van der Waals surface area contributed by atoms with E-state index in [1.165, 1.54) is 12.8 Å². The first-order valence-electron chi connectivity index (χ1n) is 7.58. The zero-order chi connectivity index (χ0) is 14.8. The summed E-state index contributed by atoms with van der Waals surface area (Å²) in [7, 11) is 0. The highest BCUT2D eigenvalue weighted by Crippen LogP contribution is 2.26. The molecule has 1 aromatic heterocycles. The molecule has 1 aromatic rings. The van der Waals surface area contributed by atoms with Gasteiger partial charge in [0.2, 0.25) is 17.8 Å². The fourth-order valence-corrected chi connectivity index (χ4v) is 2.98. The lowest BCUT2D eigenvalue weighted by molar-refractivity contribution is 0.136. The van der Waals surface area contributed by atoms with Crippen molar-refractivity contribution in [2.75, 3.05) is 41.4 Å². The number of aliphatic hydroxyl groups excluding tert-OH is 1. The third-order valence-corrected chi connectivity index (χ3v) is 4.32. The Morgan fingerprint density at radius 1 is 1.14 bits per heavy atom. The van der Waals surface area contributed by atoms with Crippen molar-refractivity contribution in [2.45, 2.75) is 32.3 Å². The Bertz CT molecular complexity index is 489. The van der Waals surface area contributed by atoms with Crippen LogP contribution in [-0.4, -0.2) is 52.3 Å². The third kappa shape index (κ3) is 3.01. The minimum atomic E-state index is -0.304. The van der Waals surface area contributed by atoms with Crippen LogP contribution in [0.2, 0.25) is 0 Å². The molecule has 0 radical (unpaired) electrons. The number of nitrogens with zero attached hydrogens (tertiary/aromatic N) is 5. The minimum absolute atomic E-state index is 0.270. The van der Waals surface area contributed by atoms with Crippen molar-refractivity contribution in [2.24, 2.45) is 11.8 Å². The van der Waals surface area contributed by atoms with Crippen LogP contribution in [0, 0.1) is 5.92 Å². The van der Waals surface area contributed by atoms with E-state index in [4.69, 9.17) is 5.84 Å². The van der Waals surface area contributed by atoms with Crippen molar-refractivity contribution in [3.8, 4) is 0 Å². The van der Waals surface area contributed by atoms with Gasteiger partial charge in [-0.3, -0.25) is 5.43 Å². The molecule has 3 rings (SSSR count). The Kier molecular flexibility index (Phi) is 4.07. The number of nitrogens with one attached hydrogen (secondary N) is 1. The van der Waals surface area contributed by atoms with Gasteiger partial charge in [0.15, 0.2) is 0 Å². The van der Waals surface area contributed by atoms with Crippen LogP contribution in [0.1, 0.15) is 26.2 Å². The summed E-state index contributed by atoms with van der Waals surface area (Å²) >= 11 is 0. The maximum atomic E-state index is 9.72. The maximum absolute atomic E-state index is 9.72. The average Bonchev–Trinajstić information content (AvgIpc) is 3.18. The van der Waals surface area contributed by atoms with E-state index in [0.717, 1.165) is 32.6 Å². The molecule has 2 unspecified atom stereocenters. The van der Waals surface area contributed by atoms with Crippen molar-refractivity contribution in [1.29, 1.82) is 0 Å². The Labute approximate surface area is 124 Å². The monoisotopic (exact) mass is 293 g/mol. The van der Waals surface area contributed by atoms with Crippen LogP contribution in [0.15, 0.2) is 0 Å². The molecule has 0 aromatic carbocycles. The van der Waals surface area contributed by atoms with Gasteiger partial charge in [-0.25, -0.2) is 5.84 Å². The molecule has 0 aliphatic carbocycles. The second-order valence-corrected chi connectivity index (χ2v) is 5.83. The van der Waals surface area contributed by atoms with E-state index >= 15 is 0 Å². The standard InChI is InChI=1S/C13H23N7O/c1-9(21)10-4-7-20(8-10)13-16-11(18-14)15-12(17-13)19-5-2-3-6-19/h9-10,21H,2-8,14H2,1H3,(H,15,16,17,18). The van der Waals surface area contributed by atoms with Crippen molar-refractivity contribution in [1.82, 2.24) is 15.0 Å². The summed E-state index contributed by atoms with van der Waals surface area (Å²) in [4.78, 5) is 17.6. The Hall–Kier alpha value is -1.67. The van der Waals surface area contributed by atoms with E-state index in [0.29, 0.717) is 17.8 Å². The van der Waals surface area contributed by atoms with Gasteiger partial charge in [0.05, 0.1) is 6.10 Å². The second kappa shape index (κ2) is 5.98. The van der Waals surface area contributed by atoms with Gasteiger partial charge in [0.1, 0.15) is 0 Å². The lowest BCUT2D eigenvalue weighted by atomic mass is 10.0. The molecule has 0 bridgehead atoms. The van der Waals surface area contributed by atoms with Crippen LogP contribution in [-0.2, 0) is 0 Å². The topological polar surface area (TPSA) is 103 Å². The second-order valence-electron chi connectivity index (χ2n) is 5.83. The minimum Gasteiger partial charge on any atom is -0.393 e. The van der Waals surface area contributed by atoms with Gasteiger partial charge in [0, 0.05) is 32.1 Å². The summed E-state index contributed by atoms with van der Waals surface area (Å²) in [6, 6.07) is 0. The highest BCUT2D eigenvalue weighted by molar-refractivity contribution is 5.45. The van der Waals surface area contributed by atoms with E-state index in [1.807, 2.05) is 6.92 Å². The van der Waals surface area contributed by atoms with Gasteiger partial charge < -0.3 is 14.9 Å². The molecule has 8 nitrogen and oxygen atoms in total. The lowest BCUT2D eigenvalue weighted by Gasteiger charge is -2.21. The summed E-state index contributed by atoms with van der Waals surface area (Å²) in [5, 5.41) is 9.72. The fraction of sp³-hybridized carbons (Fsp3) is 0.769. The summed E-state index contributed by atoms with van der Waals surface area (Å²) < 4.78 is 0. The molecule has 2 saturated heterocycles. The molecule has 4 N–H and O–H groups in total. The predicted octanol–water partition coefficient (Wildman–Crippen LogP) is -0.0355. The molecular weight excluding hydrogens is 270 g/mol.